The molecule has 1 N–H and O–H groups in total. The summed E-state index contributed by atoms with van der Waals surface area (Å²) in [5, 5.41) is 9.10. The molecule has 2 aromatic rings. The van der Waals surface area contributed by atoms with Crippen molar-refractivity contribution in [1.82, 2.24) is 4.98 Å². The van der Waals surface area contributed by atoms with Gasteiger partial charge in [0.2, 0.25) is 0 Å². The van der Waals surface area contributed by atoms with E-state index in [0.29, 0.717) is 11.9 Å². The van der Waals surface area contributed by atoms with Gasteiger partial charge in [0.15, 0.2) is 5.69 Å². The first-order chi connectivity index (χ1) is 11.1. The highest BCUT2D eigenvalue weighted by Crippen LogP contribution is 2.24. The van der Waals surface area contributed by atoms with E-state index in [1.165, 1.54) is 11.8 Å². The highest BCUT2D eigenvalue weighted by Gasteiger charge is 2.24. The van der Waals surface area contributed by atoms with E-state index in [0.717, 1.165) is 25.9 Å². The summed E-state index contributed by atoms with van der Waals surface area (Å²) in [4.78, 5) is 19.8. The second kappa shape index (κ2) is 6.69. The van der Waals surface area contributed by atoms with Crippen LogP contribution >= 0.6 is 0 Å². The number of aromatic nitrogens is 1. The highest BCUT2D eigenvalue weighted by atomic mass is 16.4. The van der Waals surface area contributed by atoms with Crippen LogP contribution < -0.4 is 9.80 Å². The fraction of sp³-hybridized carbons (Fsp3) is 0.333. The predicted octanol–water partition coefficient (Wildman–Crippen LogP) is 2.89. The van der Waals surface area contributed by atoms with Gasteiger partial charge in [0, 0.05) is 31.9 Å². The van der Waals surface area contributed by atoms with Gasteiger partial charge >= 0.3 is 5.97 Å². The van der Waals surface area contributed by atoms with Crippen LogP contribution in [0.5, 0.6) is 0 Å². The van der Waals surface area contributed by atoms with Gasteiger partial charge in [0.1, 0.15) is 5.82 Å². The molecule has 5 nitrogen and oxygen atoms in total. The van der Waals surface area contributed by atoms with E-state index in [1.54, 1.807) is 6.07 Å². The summed E-state index contributed by atoms with van der Waals surface area (Å²) >= 11 is 0. The molecule has 0 aliphatic carbocycles. The van der Waals surface area contributed by atoms with Crippen molar-refractivity contribution in [2.45, 2.75) is 18.9 Å². The van der Waals surface area contributed by atoms with Crippen molar-refractivity contribution >= 4 is 17.5 Å². The van der Waals surface area contributed by atoms with E-state index in [-0.39, 0.29) is 5.69 Å². The van der Waals surface area contributed by atoms with Gasteiger partial charge in [-0.05, 0) is 37.1 Å². The van der Waals surface area contributed by atoms with E-state index in [9.17, 15) is 4.79 Å². The molecule has 1 aliphatic heterocycles. The summed E-state index contributed by atoms with van der Waals surface area (Å²) in [6.07, 6.45) is 2.20. The third kappa shape index (κ3) is 3.44. The first-order valence-electron chi connectivity index (χ1n) is 7.88. The van der Waals surface area contributed by atoms with Gasteiger partial charge in [0.05, 0.1) is 0 Å². The molecule has 1 aromatic heterocycles. The quantitative estimate of drug-likeness (QED) is 0.941. The largest absolute Gasteiger partial charge is 0.477 e. The molecule has 1 fully saturated rings. The van der Waals surface area contributed by atoms with Crippen LogP contribution in [0.4, 0.5) is 11.5 Å². The zero-order chi connectivity index (χ0) is 16.2. The van der Waals surface area contributed by atoms with E-state index in [2.05, 4.69) is 39.0 Å². The van der Waals surface area contributed by atoms with Crippen molar-refractivity contribution in [2.75, 3.05) is 29.9 Å². The molecule has 0 spiro atoms. The van der Waals surface area contributed by atoms with Crippen LogP contribution in [0.3, 0.4) is 0 Å². The number of carboxylic acid groups (broad SMARTS) is 1. The molecule has 23 heavy (non-hydrogen) atoms. The molecular weight excluding hydrogens is 290 g/mol. The minimum absolute atomic E-state index is 0.0880. The van der Waals surface area contributed by atoms with E-state index < -0.39 is 5.97 Å². The lowest BCUT2D eigenvalue weighted by molar-refractivity contribution is 0.0690. The smallest absolute Gasteiger partial charge is 0.354 e. The maximum atomic E-state index is 11.1. The fourth-order valence-electron chi connectivity index (χ4n) is 3.07. The molecule has 0 saturated carbocycles. The number of aromatic carboxylic acids is 1. The standard InChI is InChI=1S/C18H21N3O2/c1-20(17-11-5-10-16(19-17)18(22)23)15-9-6-12-21(13-15)14-7-3-2-4-8-14/h2-5,7-8,10-11,15H,6,9,12-13H2,1H3,(H,22,23). The van der Waals surface area contributed by atoms with Crippen molar-refractivity contribution in [1.29, 1.82) is 0 Å². The van der Waals surface area contributed by atoms with Gasteiger partial charge in [-0.3, -0.25) is 0 Å². The minimum Gasteiger partial charge on any atom is -0.477 e. The minimum atomic E-state index is -0.991. The number of rotatable bonds is 4. The molecule has 0 radical (unpaired) electrons. The summed E-state index contributed by atoms with van der Waals surface area (Å²) < 4.78 is 0. The summed E-state index contributed by atoms with van der Waals surface area (Å²) in [5.41, 5.74) is 1.32. The molecule has 1 aromatic carbocycles. The SMILES string of the molecule is CN(c1cccc(C(=O)O)n1)C1CCCN(c2ccccc2)C1. The number of anilines is 2. The summed E-state index contributed by atoms with van der Waals surface area (Å²) in [6.45, 7) is 1.97. The first-order valence-corrected chi connectivity index (χ1v) is 7.88. The lowest BCUT2D eigenvalue weighted by atomic mass is 10.0. The maximum Gasteiger partial charge on any atom is 0.354 e. The van der Waals surface area contributed by atoms with Crippen molar-refractivity contribution in [3.05, 3.63) is 54.2 Å². The van der Waals surface area contributed by atoms with Gasteiger partial charge in [-0.15, -0.1) is 0 Å². The summed E-state index contributed by atoms with van der Waals surface area (Å²) in [6, 6.07) is 15.9. The first kappa shape index (κ1) is 15.3. The van der Waals surface area contributed by atoms with Crippen molar-refractivity contribution in [2.24, 2.45) is 0 Å². The van der Waals surface area contributed by atoms with Gasteiger partial charge in [-0.1, -0.05) is 24.3 Å². The average Bonchev–Trinajstić information content (AvgIpc) is 2.62. The number of nitrogens with zero attached hydrogens (tertiary/aromatic N) is 3. The molecule has 0 amide bonds. The maximum absolute atomic E-state index is 11.1. The van der Waals surface area contributed by atoms with E-state index in [4.69, 9.17) is 5.11 Å². The average molecular weight is 311 g/mol. The fourth-order valence-corrected chi connectivity index (χ4v) is 3.07. The van der Waals surface area contributed by atoms with E-state index in [1.807, 2.05) is 19.2 Å². The molecule has 120 valence electrons. The lowest BCUT2D eigenvalue weighted by Gasteiger charge is -2.39. The van der Waals surface area contributed by atoms with Crippen molar-refractivity contribution in [3.8, 4) is 0 Å². The normalized spacial score (nSPS) is 17.8. The van der Waals surface area contributed by atoms with Crippen molar-refractivity contribution in [3.63, 3.8) is 0 Å². The van der Waals surface area contributed by atoms with Crippen LogP contribution in [0.2, 0.25) is 0 Å². The number of hydrogen-bond acceptors (Lipinski definition) is 4. The number of piperidine rings is 1. The van der Waals surface area contributed by atoms with Gasteiger partial charge in [-0.2, -0.15) is 0 Å². The van der Waals surface area contributed by atoms with Crippen LogP contribution in [-0.4, -0.2) is 42.2 Å². The number of likely N-dealkylation sites (N-methyl/N-ethyl adjacent to an activating group) is 1. The van der Waals surface area contributed by atoms with Gasteiger partial charge < -0.3 is 14.9 Å². The summed E-state index contributed by atoms with van der Waals surface area (Å²) in [5.74, 6) is -0.278. The second-order valence-electron chi connectivity index (χ2n) is 5.87. The molecule has 1 unspecified atom stereocenters. The highest BCUT2D eigenvalue weighted by molar-refractivity contribution is 5.85. The molecule has 1 saturated heterocycles. The zero-order valence-electron chi connectivity index (χ0n) is 13.2. The van der Waals surface area contributed by atoms with Gasteiger partial charge in [0.25, 0.3) is 0 Å². The zero-order valence-corrected chi connectivity index (χ0v) is 13.2. The topological polar surface area (TPSA) is 56.7 Å². The Labute approximate surface area is 136 Å². The van der Waals surface area contributed by atoms with Crippen LogP contribution in [0.15, 0.2) is 48.5 Å². The number of carbonyl (C=O) groups is 1. The Kier molecular flexibility index (Phi) is 4.46. The molecule has 5 heteroatoms. The van der Waals surface area contributed by atoms with E-state index >= 15 is 0 Å². The number of carboxylic acids is 1. The Morgan fingerprint density at radius 3 is 2.74 bits per heavy atom. The molecule has 0 bridgehead atoms. The number of pyridine rings is 1. The monoisotopic (exact) mass is 311 g/mol. The third-order valence-corrected chi connectivity index (χ3v) is 4.38. The Morgan fingerprint density at radius 2 is 2.00 bits per heavy atom. The molecule has 1 aliphatic rings. The molecule has 2 heterocycles. The van der Waals surface area contributed by atoms with Crippen LogP contribution in [-0.2, 0) is 0 Å². The number of hydrogen-bond donors (Lipinski definition) is 1. The number of benzene rings is 1. The van der Waals surface area contributed by atoms with Crippen LogP contribution in [0, 0.1) is 0 Å². The number of para-hydroxylation sites is 1. The lowest BCUT2D eigenvalue weighted by Crippen LogP contribution is -2.47. The molecule has 3 rings (SSSR count). The molecular formula is C18H21N3O2. The Morgan fingerprint density at radius 1 is 1.22 bits per heavy atom. The van der Waals surface area contributed by atoms with Gasteiger partial charge in [-0.25, -0.2) is 9.78 Å². The van der Waals surface area contributed by atoms with Crippen LogP contribution in [0.1, 0.15) is 23.3 Å². The Bertz CT molecular complexity index is 675. The molecule has 1 atom stereocenters. The predicted molar refractivity (Wildman–Crippen MR) is 91.3 cm³/mol. The third-order valence-electron chi connectivity index (χ3n) is 4.38. The van der Waals surface area contributed by atoms with Crippen molar-refractivity contribution < 1.29 is 9.90 Å². The Balaban J connectivity index is 1.75. The summed E-state index contributed by atoms with van der Waals surface area (Å²) in [7, 11) is 1.99. The Hall–Kier alpha value is -2.56. The van der Waals surface area contributed by atoms with Crippen LogP contribution in [0.25, 0.3) is 0 Å². The second-order valence-corrected chi connectivity index (χ2v) is 5.87.